The van der Waals surface area contributed by atoms with E-state index in [2.05, 4.69) is 20.2 Å². The highest BCUT2D eigenvalue weighted by atomic mass is 16.1. The quantitative estimate of drug-likeness (QED) is 0.769. The lowest BCUT2D eigenvalue weighted by molar-refractivity contribution is 0.746. The Bertz CT molecular complexity index is 833. The Morgan fingerprint density at radius 2 is 2.10 bits per heavy atom. The van der Waals surface area contributed by atoms with E-state index < -0.39 is 0 Å². The van der Waals surface area contributed by atoms with E-state index in [1.807, 2.05) is 26.8 Å². The van der Waals surface area contributed by atoms with E-state index in [-0.39, 0.29) is 5.56 Å². The number of hydrogen-bond donors (Lipinski definition) is 1. The average molecular weight is 269 g/mol. The van der Waals surface area contributed by atoms with Crippen LogP contribution in [0.25, 0.3) is 22.3 Å². The van der Waals surface area contributed by atoms with Crippen LogP contribution in [0.15, 0.2) is 23.1 Å². The lowest BCUT2D eigenvalue weighted by Crippen LogP contribution is -2.23. The molecule has 0 atom stereocenters. The molecule has 0 aliphatic carbocycles. The summed E-state index contributed by atoms with van der Waals surface area (Å²) in [5.41, 5.74) is 2.79. The van der Waals surface area contributed by atoms with Crippen molar-refractivity contribution < 1.29 is 0 Å². The third-order valence-corrected chi connectivity index (χ3v) is 3.35. The van der Waals surface area contributed by atoms with Crippen LogP contribution in [-0.4, -0.2) is 24.7 Å². The van der Waals surface area contributed by atoms with Crippen molar-refractivity contribution in [1.29, 1.82) is 0 Å². The second-order valence-corrected chi connectivity index (χ2v) is 4.67. The number of pyridine rings is 1. The fraction of sp³-hybridized carbons (Fsp3) is 0.286. The van der Waals surface area contributed by atoms with Gasteiger partial charge < -0.3 is 0 Å². The highest BCUT2D eigenvalue weighted by molar-refractivity contribution is 5.82. The van der Waals surface area contributed by atoms with Crippen LogP contribution in [0.4, 0.5) is 0 Å². The molecule has 1 N–H and O–H groups in total. The molecule has 3 heterocycles. The molecule has 20 heavy (non-hydrogen) atoms. The minimum Gasteiger partial charge on any atom is -0.292 e. The van der Waals surface area contributed by atoms with Crippen LogP contribution in [0.2, 0.25) is 0 Å². The fourth-order valence-corrected chi connectivity index (χ4v) is 2.42. The Morgan fingerprint density at radius 3 is 2.75 bits per heavy atom. The zero-order valence-electron chi connectivity index (χ0n) is 11.6. The molecule has 0 unspecified atom stereocenters. The maximum atomic E-state index is 12.6. The Morgan fingerprint density at radius 1 is 1.30 bits per heavy atom. The van der Waals surface area contributed by atoms with Crippen molar-refractivity contribution in [2.45, 2.75) is 27.3 Å². The molecule has 6 heteroatoms. The van der Waals surface area contributed by atoms with Crippen LogP contribution in [0, 0.1) is 13.8 Å². The number of fused-ring (bicyclic) bond motifs is 1. The summed E-state index contributed by atoms with van der Waals surface area (Å²) >= 11 is 0. The van der Waals surface area contributed by atoms with E-state index in [9.17, 15) is 4.79 Å². The molecule has 0 saturated carbocycles. The number of nitrogens with zero attached hydrogens (tertiary/aromatic N) is 4. The first kappa shape index (κ1) is 12.5. The van der Waals surface area contributed by atoms with Crippen LogP contribution in [-0.2, 0) is 6.54 Å². The van der Waals surface area contributed by atoms with Crippen LogP contribution in [0.3, 0.4) is 0 Å². The minimum absolute atomic E-state index is 0.0678. The molecule has 3 rings (SSSR count). The van der Waals surface area contributed by atoms with Gasteiger partial charge in [-0.3, -0.25) is 14.5 Å². The first-order valence-electron chi connectivity index (χ1n) is 6.50. The van der Waals surface area contributed by atoms with E-state index in [0.29, 0.717) is 29.3 Å². The molecule has 0 aromatic carbocycles. The second kappa shape index (κ2) is 4.56. The van der Waals surface area contributed by atoms with Crippen molar-refractivity contribution in [2.24, 2.45) is 0 Å². The van der Waals surface area contributed by atoms with E-state index >= 15 is 0 Å². The largest absolute Gasteiger partial charge is 0.292 e. The van der Waals surface area contributed by atoms with Gasteiger partial charge in [-0.15, -0.1) is 0 Å². The normalized spacial score (nSPS) is 11.2. The predicted octanol–water partition coefficient (Wildman–Crippen LogP) is 1.82. The summed E-state index contributed by atoms with van der Waals surface area (Å²) in [5, 5.41) is 7.63. The van der Waals surface area contributed by atoms with Crippen molar-refractivity contribution >= 4 is 11.0 Å². The van der Waals surface area contributed by atoms with Gasteiger partial charge in [0.15, 0.2) is 0 Å². The van der Waals surface area contributed by atoms with Crippen molar-refractivity contribution in [3.05, 3.63) is 40.2 Å². The molecule has 6 nitrogen and oxygen atoms in total. The smallest absolute Gasteiger partial charge is 0.261 e. The number of nitrogens with one attached hydrogen (secondary N) is 1. The SMILES string of the molecule is CCn1c(=O)c(-c2ccn[nH]2)cc2c(C)nc(C)nc21. The standard InChI is InChI=1S/C14H15N5O/c1-4-19-13-10(8(2)16-9(3)17-13)7-11(14(19)20)12-5-6-15-18-12/h5-7H,4H2,1-3H3,(H,15,18). The van der Waals surface area contributed by atoms with E-state index in [1.54, 1.807) is 16.8 Å². The van der Waals surface area contributed by atoms with Gasteiger partial charge in [-0.05, 0) is 32.9 Å². The predicted molar refractivity (Wildman–Crippen MR) is 76.5 cm³/mol. The van der Waals surface area contributed by atoms with Gasteiger partial charge in [0.05, 0.1) is 17.0 Å². The van der Waals surface area contributed by atoms with E-state index in [4.69, 9.17) is 0 Å². The van der Waals surface area contributed by atoms with Crippen LogP contribution < -0.4 is 5.56 Å². The summed E-state index contributed by atoms with van der Waals surface area (Å²) in [6, 6.07) is 3.62. The Balaban J connectivity index is 2.46. The lowest BCUT2D eigenvalue weighted by Gasteiger charge is -2.11. The maximum absolute atomic E-state index is 12.6. The molecule has 0 aliphatic heterocycles. The summed E-state index contributed by atoms with van der Waals surface area (Å²) < 4.78 is 1.67. The molecule has 102 valence electrons. The number of aromatic nitrogens is 5. The average Bonchev–Trinajstić information content (AvgIpc) is 2.92. The molecular weight excluding hydrogens is 254 g/mol. The maximum Gasteiger partial charge on any atom is 0.261 e. The number of aromatic amines is 1. The van der Waals surface area contributed by atoms with Crippen molar-refractivity contribution in [1.82, 2.24) is 24.7 Å². The Kier molecular flexibility index (Phi) is 2.85. The van der Waals surface area contributed by atoms with Crippen LogP contribution >= 0.6 is 0 Å². The summed E-state index contributed by atoms with van der Waals surface area (Å²) in [6.45, 7) is 6.26. The molecular formula is C14H15N5O. The van der Waals surface area contributed by atoms with Gasteiger partial charge in [0.1, 0.15) is 11.5 Å². The van der Waals surface area contributed by atoms with Gasteiger partial charge in [-0.25, -0.2) is 9.97 Å². The third-order valence-electron chi connectivity index (χ3n) is 3.35. The summed E-state index contributed by atoms with van der Waals surface area (Å²) in [6.07, 6.45) is 1.63. The zero-order chi connectivity index (χ0) is 14.3. The monoisotopic (exact) mass is 269 g/mol. The first-order valence-corrected chi connectivity index (χ1v) is 6.50. The lowest BCUT2D eigenvalue weighted by atomic mass is 10.1. The van der Waals surface area contributed by atoms with Crippen molar-refractivity contribution in [3.63, 3.8) is 0 Å². The number of aryl methyl sites for hydroxylation is 3. The zero-order valence-corrected chi connectivity index (χ0v) is 11.6. The van der Waals surface area contributed by atoms with E-state index in [1.165, 1.54) is 0 Å². The molecule has 3 aromatic heterocycles. The third kappa shape index (κ3) is 1.80. The number of hydrogen-bond acceptors (Lipinski definition) is 4. The summed E-state index contributed by atoms with van der Waals surface area (Å²) in [7, 11) is 0. The molecule has 0 fully saturated rings. The minimum atomic E-state index is -0.0678. The van der Waals surface area contributed by atoms with Gasteiger partial charge in [-0.2, -0.15) is 5.10 Å². The molecule has 0 amide bonds. The van der Waals surface area contributed by atoms with Crippen molar-refractivity contribution in [3.8, 4) is 11.3 Å². The number of H-pyrrole nitrogens is 1. The Labute approximate surface area is 115 Å². The van der Waals surface area contributed by atoms with Gasteiger partial charge >= 0.3 is 0 Å². The van der Waals surface area contributed by atoms with Gasteiger partial charge in [-0.1, -0.05) is 0 Å². The van der Waals surface area contributed by atoms with E-state index in [0.717, 1.165) is 11.1 Å². The first-order chi connectivity index (χ1) is 9.61. The molecule has 0 aliphatic rings. The Hall–Kier alpha value is -2.50. The molecule has 3 aromatic rings. The van der Waals surface area contributed by atoms with Gasteiger partial charge in [0.25, 0.3) is 5.56 Å². The molecule has 0 spiro atoms. The van der Waals surface area contributed by atoms with Gasteiger partial charge in [0.2, 0.25) is 0 Å². The van der Waals surface area contributed by atoms with Crippen LogP contribution in [0.1, 0.15) is 18.4 Å². The topological polar surface area (TPSA) is 76.5 Å². The molecule has 0 radical (unpaired) electrons. The fourth-order valence-electron chi connectivity index (χ4n) is 2.42. The second-order valence-electron chi connectivity index (χ2n) is 4.67. The highest BCUT2D eigenvalue weighted by Gasteiger charge is 2.14. The number of rotatable bonds is 2. The van der Waals surface area contributed by atoms with Crippen LogP contribution in [0.5, 0.6) is 0 Å². The summed E-state index contributed by atoms with van der Waals surface area (Å²) in [4.78, 5) is 21.4. The molecule has 0 bridgehead atoms. The van der Waals surface area contributed by atoms with Crippen molar-refractivity contribution in [2.75, 3.05) is 0 Å². The van der Waals surface area contributed by atoms with Gasteiger partial charge in [0, 0.05) is 18.1 Å². The highest BCUT2D eigenvalue weighted by Crippen LogP contribution is 2.20. The summed E-state index contributed by atoms with van der Waals surface area (Å²) in [5.74, 6) is 0.672. The molecule has 0 saturated heterocycles.